The van der Waals surface area contributed by atoms with Crippen molar-refractivity contribution < 1.29 is 14.3 Å². The number of alkyl halides is 1. The lowest BCUT2D eigenvalue weighted by Gasteiger charge is -2.21. The first-order valence-electron chi connectivity index (χ1n) is 8.36. The van der Waals surface area contributed by atoms with E-state index in [1.54, 1.807) is 0 Å². The van der Waals surface area contributed by atoms with Crippen molar-refractivity contribution in [1.29, 1.82) is 0 Å². The molecule has 0 saturated heterocycles. The van der Waals surface area contributed by atoms with Crippen LogP contribution in [-0.2, 0) is 4.79 Å². The second-order valence-electron chi connectivity index (χ2n) is 7.29. The Morgan fingerprint density at radius 1 is 1.38 bits per heavy atom. The molecule has 0 heterocycles. The normalized spacial score (nSPS) is 20.5. The van der Waals surface area contributed by atoms with E-state index in [4.69, 9.17) is 0 Å². The molecule has 21 heavy (non-hydrogen) atoms. The highest BCUT2D eigenvalue weighted by atomic mass is 19.1. The maximum Gasteiger partial charge on any atom is 0.162 e. The summed E-state index contributed by atoms with van der Waals surface area (Å²) in [6.45, 7) is 6.85. The van der Waals surface area contributed by atoms with Gasteiger partial charge >= 0.3 is 0 Å². The predicted octanol–water partition coefficient (Wildman–Crippen LogP) is 5.38. The molecule has 0 radical (unpaired) electrons. The number of ketones is 1. The maximum absolute atomic E-state index is 13.7. The summed E-state index contributed by atoms with van der Waals surface area (Å²) in [4.78, 5) is 12.2. The van der Waals surface area contributed by atoms with E-state index in [0.29, 0.717) is 12.3 Å². The van der Waals surface area contributed by atoms with Crippen LogP contribution in [0.1, 0.15) is 72.6 Å². The molecule has 3 heteroatoms. The lowest BCUT2D eigenvalue weighted by atomic mass is 9.87. The highest BCUT2D eigenvalue weighted by molar-refractivity contribution is 5.92. The molecule has 0 bridgehead atoms. The lowest BCUT2D eigenvalue weighted by molar-refractivity contribution is -0.119. The molecular weight excluding hydrogens is 267 g/mol. The van der Waals surface area contributed by atoms with E-state index in [1.165, 1.54) is 45.6 Å². The van der Waals surface area contributed by atoms with Gasteiger partial charge in [-0.15, -0.1) is 0 Å². The van der Waals surface area contributed by atoms with Crippen molar-refractivity contribution in [3.63, 3.8) is 0 Å². The van der Waals surface area contributed by atoms with Gasteiger partial charge in [-0.3, -0.25) is 4.79 Å². The number of aliphatic hydroxyl groups excluding tert-OH is 1. The summed E-state index contributed by atoms with van der Waals surface area (Å²) in [5, 5.41) is 10.1. The molecule has 122 valence electrons. The molecule has 0 aromatic carbocycles. The fraction of sp³-hybridized carbons (Fsp3) is 0.833. The Morgan fingerprint density at radius 2 is 1.95 bits per heavy atom. The van der Waals surface area contributed by atoms with Gasteiger partial charge in [0, 0.05) is 17.9 Å². The van der Waals surface area contributed by atoms with Crippen molar-refractivity contribution in [2.45, 2.75) is 78.3 Å². The third kappa shape index (κ3) is 6.62. The number of aliphatic hydroxyl groups is 1. The van der Waals surface area contributed by atoms with E-state index in [2.05, 4.69) is 0 Å². The molecule has 2 unspecified atom stereocenters. The van der Waals surface area contributed by atoms with Gasteiger partial charge in [0.25, 0.3) is 0 Å². The number of rotatable bonds is 8. The monoisotopic (exact) mass is 298 g/mol. The van der Waals surface area contributed by atoms with Crippen LogP contribution in [0.25, 0.3) is 0 Å². The Kier molecular flexibility index (Phi) is 6.89. The third-order valence-electron chi connectivity index (χ3n) is 4.58. The van der Waals surface area contributed by atoms with Crippen LogP contribution in [0.5, 0.6) is 0 Å². The highest BCUT2D eigenvalue weighted by Gasteiger charge is 2.26. The number of carbonyl (C=O) groups excluding carboxylic acids is 1. The van der Waals surface area contributed by atoms with E-state index >= 15 is 0 Å². The highest BCUT2D eigenvalue weighted by Crippen LogP contribution is 2.32. The quantitative estimate of drug-likeness (QED) is 0.482. The third-order valence-corrected chi connectivity index (χ3v) is 4.58. The molecule has 2 nitrogen and oxygen atoms in total. The van der Waals surface area contributed by atoms with Crippen LogP contribution in [0.4, 0.5) is 4.39 Å². The van der Waals surface area contributed by atoms with Crippen LogP contribution >= 0.6 is 0 Å². The van der Waals surface area contributed by atoms with Gasteiger partial charge in [0.2, 0.25) is 0 Å². The van der Waals surface area contributed by atoms with Gasteiger partial charge in [-0.1, -0.05) is 39.5 Å². The van der Waals surface area contributed by atoms with Gasteiger partial charge < -0.3 is 5.11 Å². The minimum atomic E-state index is -1.35. The van der Waals surface area contributed by atoms with E-state index < -0.39 is 5.67 Å². The minimum absolute atomic E-state index is 0.0212. The Labute approximate surface area is 128 Å². The zero-order chi connectivity index (χ0) is 16.0. The molecule has 0 aliphatic heterocycles. The molecule has 2 atom stereocenters. The van der Waals surface area contributed by atoms with E-state index in [0.717, 1.165) is 6.42 Å². The number of hydrogen-bond acceptors (Lipinski definition) is 2. The summed E-state index contributed by atoms with van der Waals surface area (Å²) in [5.74, 6) is 0.386. The van der Waals surface area contributed by atoms with Crippen LogP contribution in [0.2, 0.25) is 0 Å². The van der Waals surface area contributed by atoms with Crippen LogP contribution in [0.15, 0.2) is 11.8 Å². The minimum Gasteiger partial charge on any atom is -0.512 e. The van der Waals surface area contributed by atoms with Crippen molar-refractivity contribution in [3.05, 3.63) is 11.8 Å². The summed E-state index contributed by atoms with van der Waals surface area (Å²) in [7, 11) is 0. The van der Waals surface area contributed by atoms with Crippen molar-refractivity contribution in [2.75, 3.05) is 0 Å². The topological polar surface area (TPSA) is 37.3 Å². The van der Waals surface area contributed by atoms with Gasteiger partial charge in [-0.05, 0) is 39.0 Å². The summed E-state index contributed by atoms with van der Waals surface area (Å²) in [6, 6.07) is 0. The summed E-state index contributed by atoms with van der Waals surface area (Å²) in [5.41, 5.74) is -1.35. The van der Waals surface area contributed by atoms with Gasteiger partial charge in [0.05, 0.1) is 5.76 Å². The first-order chi connectivity index (χ1) is 9.73. The largest absolute Gasteiger partial charge is 0.512 e. The smallest absolute Gasteiger partial charge is 0.162 e. The lowest BCUT2D eigenvalue weighted by Crippen LogP contribution is -2.23. The predicted molar refractivity (Wildman–Crippen MR) is 85.0 cm³/mol. The molecular formula is C18H31FO2. The van der Waals surface area contributed by atoms with Crippen molar-refractivity contribution in [1.82, 2.24) is 0 Å². The van der Waals surface area contributed by atoms with E-state index in [9.17, 15) is 14.3 Å². The number of hydrogen-bond donors (Lipinski definition) is 1. The average Bonchev–Trinajstić information content (AvgIpc) is 2.87. The second-order valence-corrected chi connectivity index (χ2v) is 7.29. The molecule has 0 spiro atoms. The molecule has 0 aromatic rings. The number of allylic oxidation sites excluding steroid dienone is 2. The standard InChI is InChI=1S/C18H31FO2/c1-5-15(12-18(3,4)19)17(21)11-16(20)13(2)10-14-8-6-7-9-14/h11,13-15,20H,5-10,12H2,1-4H3. The van der Waals surface area contributed by atoms with E-state index in [1.807, 2.05) is 13.8 Å². The maximum atomic E-state index is 13.7. The Bertz CT molecular complexity index is 362. The zero-order valence-electron chi connectivity index (χ0n) is 14.0. The Balaban J connectivity index is 2.58. The number of carbonyl (C=O) groups is 1. The first kappa shape index (κ1) is 18.2. The van der Waals surface area contributed by atoms with Gasteiger partial charge in [-0.2, -0.15) is 0 Å². The molecule has 0 amide bonds. The molecule has 0 aromatic heterocycles. The average molecular weight is 298 g/mol. The van der Waals surface area contributed by atoms with Gasteiger partial charge in [0.15, 0.2) is 5.78 Å². The van der Waals surface area contributed by atoms with Crippen LogP contribution < -0.4 is 0 Å². The van der Waals surface area contributed by atoms with Crippen LogP contribution in [0.3, 0.4) is 0 Å². The summed E-state index contributed by atoms with van der Waals surface area (Å²) in [6.07, 6.45) is 8.14. The van der Waals surface area contributed by atoms with Crippen molar-refractivity contribution in [3.8, 4) is 0 Å². The van der Waals surface area contributed by atoms with Crippen LogP contribution in [0, 0.1) is 17.8 Å². The zero-order valence-corrected chi connectivity index (χ0v) is 14.0. The van der Waals surface area contributed by atoms with Crippen molar-refractivity contribution >= 4 is 5.78 Å². The Hall–Kier alpha value is -0.860. The number of halogens is 1. The molecule has 1 rings (SSSR count). The van der Waals surface area contributed by atoms with E-state index in [-0.39, 0.29) is 29.8 Å². The molecule has 1 N–H and O–H groups in total. The Morgan fingerprint density at radius 3 is 2.43 bits per heavy atom. The first-order valence-corrected chi connectivity index (χ1v) is 8.36. The summed E-state index contributed by atoms with van der Waals surface area (Å²) < 4.78 is 13.7. The molecule has 1 fully saturated rings. The fourth-order valence-corrected chi connectivity index (χ4v) is 3.30. The molecule has 1 aliphatic rings. The SMILES string of the molecule is CCC(CC(C)(C)F)C(=O)C=C(O)C(C)CC1CCCC1. The van der Waals surface area contributed by atoms with Gasteiger partial charge in [-0.25, -0.2) is 4.39 Å². The molecule has 1 saturated carbocycles. The fourth-order valence-electron chi connectivity index (χ4n) is 3.30. The van der Waals surface area contributed by atoms with Crippen molar-refractivity contribution in [2.24, 2.45) is 17.8 Å². The van der Waals surface area contributed by atoms with Crippen LogP contribution in [-0.4, -0.2) is 16.6 Å². The second kappa shape index (κ2) is 7.95. The molecule has 1 aliphatic carbocycles. The summed E-state index contributed by atoms with van der Waals surface area (Å²) >= 11 is 0. The van der Waals surface area contributed by atoms with Gasteiger partial charge in [0.1, 0.15) is 5.67 Å².